The molecule has 0 radical (unpaired) electrons. The van der Waals surface area contributed by atoms with Crippen LogP contribution in [0.2, 0.25) is 0 Å². The highest BCUT2D eigenvalue weighted by molar-refractivity contribution is 5.98. The maximum absolute atomic E-state index is 12.2. The number of carbonyl (C=O) groups excluding carboxylic acids is 2. The van der Waals surface area contributed by atoms with Gasteiger partial charge in [-0.3, -0.25) is 14.7 Å². The van der Waals surface area contributed by atoms with Crippen molar-refractivity contribution >= 4 is 11.8 Å². The Labute approximate surface area is 99.4 Å². The van der Waals surface area contributed by atoms with Crippen molar-refractivity contribution in [3.8, 4) is 0 Å². The number of nitrogens with zero attached hydrogens (tertiary/aromatic N) is 2. The van der Waals surface area contributed by atoms with Crippen molar-refractivity contribution < 1.29 is 9.59 Å². The normalized spacial score (nSPS) is 19.4. The smallest absolute Gasteiger partial charge is 0.257 e. The summed E-state index contributed by atoms with van der Waals surface area (Å²) in [5.41, 5.74) is 1.28. The summed E-state index contributed by atoms with van der Waals surface area (Å²) >= 11 is 0. The van der Waals surface area contributed by atoms with Gasteiger partial charge >= 0.3 is 0 Å². The Hall–Kier alpha value is -1.85. The molecule has 1 fully saturated rings. The van der Waals surface area contributed by atoms with Crippen molar-refractivity contribution in [2.45, 2.75) is 25.8 Å². The van der Waals surface area contributed by atoms with Crippen LogP contribution < -0.4 is 5.32 Å². The van der Waals surface area contributed by atoms with Gasteiger partial charge < -0.3 is 10.2 Å². The Balaban J connectivity index is 2.19. The third kappa shape index (κ3) is 2.02. The third-order valence-corrected chi connectivity index (χ3v) is 3.12. The number of nitrogens with one attached hydrogen (secondary N) is 2. The molecule has 1 unspecified atom stereocenters. The van der Waals surface area contributed by atoms with Crippen LogP contribution in [0.25, 0.3) is 0 Å². The molecule has 0 aromatic carbocycles. The first-order chi connectivity index (χ1) is 8.15. The SMILES string of the molecule is CNC(=O)C1CCCN1C(=O)c1cn[nH]c1C. The molecule has 1 atom stereocenters. The lowest BCUT2D eigenvalue weighted by Crippen LogP contribution is -2.45. The fourth-order valence-electron chi connectivity index (χ4n) is 2.17. The van der Waals surface area contributed by atoms with E-state index >= 15 is 0 Å². The first kappa shape index (κ1) is 11.6. The first-order valence-corrected chi connectivity index (χ1v) is 5.67. The summed E-state index contributed by atoms with van der Waals surface area (Å²) in [6, 6.07) is -0.346. The molecular formula is C11H16N4O2. The molecule has 0 bridgehead atoms. The van der Waals surface area contributed by atoms with Crippen molar-refractivity contribution in [1.29, 1.82) is 0 Å². The maximum Gasteiger partial charge on any atom is 0.257 e. The van der Waals surface area contributed by atoms with E-state index in [-0.39, 0.29) is 17.9 Å². The van der Waals surface area contributed by atoms with Crippen LogP contribution in [0.5, 0.6) is 0 Å². The van der Waals surface area contributed by atoms with E-state index in [4.69, 9.17) is 0 Å². The average Bonchev–Trinajstić information content (AvgIpc) is 2.95. The van der Waals surface area contributed by atoms with Crippen LogP contribution in [0.3, 0.4) is 0 Å². The Bertz CT molecular complexity index is 440. The van der Waals surface area contributed by atoms with Gasteiger partial charge in [0.05, 0.1) is 11.8 Å². The summed E-state index contributed by atoms with van der Waals surface area (Å²) in [5.74, 6) is -0.223. The summed E-state index contributed by atoms with van der Waals surface area (Å²) in [6.07, 6.45) is 3.10. The summed E-state index contributed by atoms with van der Waals surface area (Å²) in [6.45, 7) is 2.42. The predicted molar refractivity (Wildman–Crippen MR) is 61.4 cm³/mol. The highest BCUT2D eigenvalue weighted by Crippen LogP contribution is 2.20. The molecule has 1 aromatic rings. The average molecular weight is 236 g/mol. The zero-order chi connectivity index (χ0) is 12.4. The maximum atomic E-state index is 12.2. The van der Waals surface area contributed by atoms with Crippen LogP contribution in [0.4, 0.5) is 0 Å². The highest BCUT2D eigenvalue weighted by atomic mass is 16.2. The second-order valence-corrected chi connectivity index (χ2v) is 4.18. The van der Waals surface area contributed by atoms with Crippen molar-refractivity contribution in [2.75, 3.05) is 13.6 Å². The van der Waals surface area contributed by atoms with Crippen molar-refractivity contribution in [1.82, 2.24) is 20.4 Å². The van der Waals surface area contributed by atoms with Gasteiger partial charge in [0, 0.05) is 19.3 Å². The van der Waals surface area contributed by atoms with Gasteiger partial charge in [-0.15, -0.1) is 0 Å². The standard InChI is InChI=1S/C11H16N4O2/c1-7-8(6-13-14-7)11(17)15-5-3-4-9(15)10(16)12-2/h6,9H,3-5H2,1-2H3,(H,12,16)(H,13,14). The van der Waals surface area contributed by atoms with Gasteiger partial charge in [-0.1, -0.05) is 0 Å². The van der Waals surface area contributed by atoms with Crippen molar-refractivity contribution in [3.05, 3.63) is 17.5 Å². The number of hydrogen-bond donors (Lipinski definition) is 2. The minimum absolute atomic E-state index is 0.100. The molecule has 0 spiro atoms. The van der Waals surface area contributed by atoms with E-state index < -0.39 is 0 Å². The number of aromatic amines is 1. The quantitative estimate of drug-likeness (QED) is 0.762. The van der Waals surface area contributed by atoms with Gasteiger partial charge in [-0.05, 0) is 19.8 Å². The molecule has 1 aliphatic rings. The molecule has 0 saturated carbocycles. The Kier molecular flexibility index (Phi) is 3.12. The van der Waals surface area contributed by atoms with Crippen LogP contribution in [0.15, 0.2) is 6.20 Å². The number of likely N-dealkylation sites (N-methyl/N-ethyl adjacent to an activating group) is 1. The molecule has 17 heavy (non-hydrogen) atoms. The summed E-state index contributed by atoms with van der Waals surface area (Å²) < 4.78 is 0. The summed E-state index contributed by atoms with van der Waals surface area (Å²) in [7, 11) is 1.59. The number of hydrogen-bond acceptors (Lipinski definition) is 3. The number of likely N-dealkylation sites (tertiary alicyclic amines) is 1. The van der Waals surface area contributed by atoms with Crippen LogP contribution in [0, 0.1) is 6.92 Å². The van der Waals surface area contributed by atoms with E-state index in [2.05, 4.69) is 15.5 Å². The second-order valence-electron chi connectivity index (χ2n) is 4.18. The highest BCUT2D eigenvalue weighted by Gasteiger charge is 2.34. The van der Waals surface area contributed by atoms with Crippen LogP contribution >= 0.6 is 0 Å². The second kappa shape index (κ2) is 4.57. The lowest BCUT2D eigenvalue weighted by molar-refractivity contribution is -0.124. The van der Waals surface area contributed by atoms with E-state index in [1.165, 1.54) is 6.20 Å². The van der Waals surface area contributed by atoms with Gasteiger partial charge in [0.15, 0.2) is 0 Å². The van der Waals surface area contributed by atoms with E-state index in [1.807, 2.05) is 0 Å². The molecule has 1 aliphatic heterocycles. The monoisotopic (exact) mass is 236 g/mol. The predicted octanol–water partition coefficient (Wildman–Crippen LogP) is 0.0687. The molecule has 1 aromatic heterocycles. The molecule has 1 saturated heterocycles. The summed E-state index contributed by atoms with van der Waals surface area (Å²) in [4.78, 5) is 25.5. The van der Waals surface area contributed by atoms with E-state index in [9.17, 15) is 9.59 Å². The number of H-pyrrole nitrogens is 1. The molecule has 6 nitrogen and oxygen atoms in total. The van der Waals surface area contributed by atoms with E-state index in [1.54, 1.807) is 18.9 Å². The van der Waals surface area contributed by atoms with Crippen LogP contribution in [0.1, 0.15) is 28.9 Å². The number of amides is 2. The number of rotatable bonds is 2. The van der Waals surface area contributed by atoms with Gasteiger partial charge in [-0.25, -0.2) is 0 Å². The fourth-order valence-corrected chi connectivity index (χ4v) is 2.17. The molecule has 2 amide bonds. The van der Waals surface area contributed by atoms with E-state index in [0.717, 1.165) is 18.5 Å². The Morgan fingerprint density at radius 3 is 2.94 bits per heavy atom. The van der Waals surface area contributed by atoms with Gasteiger partial charge in [-0.2, -0.15) is 5.10 Å². The molecule has 2 N–H and O–H groups in total. The van der Waals surface area contributed by atoms with Gasteiger partial charge in [0.2, 0.25) is 5.91 Å². The third-order valence-electron chi connectivity index (χ3n) is 3.12. The molecule has 2 heterocycles. The zero-order valence-electron chi connectivity index (χ0n) is 9.99. The van der Waals surface area contributed by atoms with Crippen LogP contribution in [-0.2, 0) is 4.79 Å². The van der Waals surface area contributed by atoms with Gasteiger partial charge in [0.1, 0.15) is 6.04 Å². The van der Waals surface area contributed by atoms with Gasteiger partial charge in [0.25, 0.3) is 5.91 Å². The Morgan fingerprint density at radius 2 is 2.35 bits per heavy atom. The number of carbonyl (C=O) groups is 2. The molecule has 2 rings (SSSR count). The van der Waals surface area contributed by atoms with E-state index in [0.29, 0.717) is 12.1 Å². The first-order valence-electron chi connectivity index (χ1n) is 5.67. The van der Waals surface area contributed by atoms with Crippen LogP contribution in [-0.4, -0.2) is 46.5 Å². The Morgan fingerprint density at radius 1 is 1.59 bits per heavy atom. The largest absolute Gasteiger partial charge is 0.357 e. The number of aromatic nitrogens is 2. The number of aryl methyl sites for hydroxylation is 1. The fraction of sp³-hybridized carbons (Fsp3) is 0.545. The summed E-state index contributed by atoms with van der Waals surface area (Å²) in [5, 5.41) is 9.16. The zero-order valence-corrected chi connectivity index (χ0v) is 9.99. The molecule has 92 valence electrons. The minimum atomic E-state index is -0.346. The topological polar surface area (TPSA) is 78.1 Å². The lowest BCUT2D eigenvalue weighted by Gasteiger charge is -2.22. The lowest BCUT2D eigenvalue weighted by atomic mass is 10.2. The van der Waals surface area contributed by atoms with Crippen molar-refractivity contribution in [2.24, 2.45) is 0 Å². The molecule has 6 heteroatoms. The minimum Gasteiger partial charge on any atom is -0.357 e. The molecular weight excluding hydrogens is 220 g/mol. The molecule has 0 aliphatic carbocycles. The van der Waals surface area contributed by atoms with Crippen molar-refractivity contribution in [3.63, 3.8) is 0 Å².